The lowest BCUT2D eigenvalue weighted by molar-refractivity contribution is 0.108. The molecule has 2 aliphatic heterocycles. The molecular weight excluding hydrogens is 524 g/mol. The third-order valence-corrected chi connectivity index (χ3v) is 9.50. The normalized spacial score (nSPS) is 22.1. The van der Waals surface area contributed by atoms with Gasteiger partial charge in [-0.1, -0.05) is 32.4 Å². The van der Waals surface area contributed by atoms with Crippen LogP contribution in [0, 0.1) is 0 Å². The second kappa shape index (κ2) is 12.7. The largest absolute Gasteiger partial charge is 0.508 e. The standard InChI is InChI=1S/C34H50N6O2/c1-7-10-31(39-22-24(3)35-25(4)23-39)32-36-30-14-13-27(21-29(30)33(42)40(32)17-8-2)38-18-15-34(16-19-38,37(5)6)26-11-9-12-28(41)20-26/h9,11-14,20-21,24-25,31,35,41H,7-8,10,15-19,22-23H2,1-6H3/t24-,25+,31?. The number of nitrogens with zero attached hydrogens (tertiary/aromatic N) is 5. The van der Waals surface area contributed by atoms with Crippen molar-refractivity contribution in [2.45, 2.75) is 90.0 Å². The quantitative estimate of drug-likeness (QED) is 0.369. The molecule has 3 aromatic rings. The average Bonchev–Trinajstić information content (AvgIpc) is 2.96. The molecule has 2 aromatic carbocycles. The lowest BCUT2D eigenvalue weighted by Gasteiger charge is -2.47. The van der Waals surface area contributed by atoms with Crippen molar-refractivity contribution in [3.8, 4) is 5.75 Å². The number of aromatic hydroxyl groups is 1. The first-order valence-corrected chi connectivity index (χ1v) is 15.9. The Hall–Kier alpha value is -2.94. The van der Waals surface area contributed by atoms with E-state index in [1.165, 1.54) is 0 Å². The van der Waals surface area contributed by atoms with Crippen LogP contribution in [-0.4, -0.2) is 76.8 Å². The van der Waals surface area contributed by atoms with E-state index >= 15 is 0 Å². The monoisotopic (exact) mass is 574 g/mol. The average molecular weight is 575 g/mol. The molecular formula is C34H50N6O2. The van der Waals surface area contributed by atoms with E-state index in [1.807, 2.05) is 16.7 Å². The number of anilines is 1. The highest BCUT2D eigenvalue weighted by molar-refractivity contribution is 5.82. The van der Waals surface area contributed by atoms with Crippen LogP contribution in [0.4, 0.5) is 5.69 Å². The topological polar surface area (TPSA) is 76.9 Å². The van der Waals surface area contributed by atoms with Crippen molar-refractivity contribution in [3.05, 3.63) is 64.2 Å². The van der Waals surface area contributed by atoms with Crippen LogP contribution in [0.15, 0.2) is 47.3 Å². The third-order valence-electron chi connectivity index (χ3n) is 9.50. The van der Waals surface area contributed by atoms with Crippen molar-refractivity contribution in [1.29, 1.82) is 0 Å². The van der Waals surface area contributed by atoms with Crippen LogP contribution in [0.25, 0.3) is 10.9 Å². The molecule has 3 heterocycles. The molecule has 0 aliphatic carbocycles. The van der Waals surface area contributed by atoms with Gasteiger partial charge in [0.1, 0.15) is 11.6 Å². The number of fused-ring (bicyclic) bond motifs is 1. The molecule has 3 atom stereocenters. The van der Waals surface area contributed by atoms with Gasteiger partial charge in [-0.2, -0.15) is 0 Å². The van der Waals surface area contributed by atoms with Crippen molar-refractivity contribution < 1.29 is 5.11 Å². The summed E-state index contributed by atoms with van der Waals surface area (Å²) in [6, 6.07) is 14.9. The van der Waals surface area contributed by atoms with Crippen LogP contribution in [0.3, 0.4) is 0 Å². The minimum Gasteiger partial charge on any atom is -0.508 e. The molecule has 8 heteroatoms. The van der Waals surface area contributed by atoms with Crippen molar-refractivity contribution in [2.75, 3.05) is 45.2 Å². The number of phenolic OH excluding ortho intramolecular Hbond substituents is 1. The number of hydrogen-bond donors (Lipinski definition) is 2. The molecule has 2 saturated heterocycles. The SMILES string of the molecule is CCCC(c1nc2ccc(N3CCC(c4cccc(O)c4)(N(C)C)CC3)cc2c(=O)n1CCC)N1C[C@@H](C)N[C@@H](C)C1. The second-order valence-corrected chi connectivity index (χ2v) is 12.8. The Bertz CT molecular complexity index is 1420. The van der Waals surface area contributed by atoms with Crippen LogP contribution in [0.2, 0.25) is 0 Å². The van der Waals surface area contributed by atoms with Crippen molar-refractivity contribution in [3.63, 3.8) is 0 Å². The predicted molar refractivity (Wildman–Crippen MR) is 172 cm³/mol. The van der Waals surface area contributed by atoms with Gasteiger partial charge in [-0.3, -0.25) is 19.2 Å². The van der Waals surface area contributed by atoms with Gasteiger partial charge in [-0.15, -0.1) is 0 Å². The van der Waals surface area contributed by atoms with Gasteiger partial charge in [0.2, 0.25) is 0 Å². The molecule has 42 heavy (non-hydrogen) atoms. The van der Waals surface area contributed by atoms with Gasteiger partial charge >= 0.3 is 0 Å². The first-order valence-electron chi connectivity index (χ1n) is 15.9. The maximum Gasteiger partial charge on any atom is 0.261 e. The van der Waals surface area contributed by atoms with Crippen molar-refractivity contribution >= 4 is 16.6 Å². The maximum atomic E-state index is 14.1. The van der Waals surface area contributed by atoms with Crippen LogP contribution in [0.1, 0.15) is 77.2 Å². The zero-order valence-electron chi connectivity index (χ0n) is 26.4. The molecule has 1 unspecified atom stereocenters. The zero-order valence-corrected chi connectivity index (χ0v) is 26.4. The van der Waals surface area contributed by atoms with E-state index in [9.17, 15) is 9.90 Å². The van der Waals surface area contributed by atoms with E-state index in [0.29, 0.717) is 29.8 Å². The lowest BCUT2D eigenvalue weighted by atomic mass is 9.79. The highest BCUT2D eigenvalue weighted by atomic mass is 16.3. The Balaban J connectivity index is 1.47. The van der Waals surface area contributed by atoms with Crippen molar-refractivity contribution in [2.24, 2.45) is 0 Å². The smallest absolute Gasteiger partial charge is 0.261 e. The zero-order chi connectivity index (χ0) is 30.0. The molecule has 2 N–H and O–H groups in total. The van der Waals surface area contributed by atoms with Gasteiger partial charge < -0.3 is 15.3 Å². The molecule has 0 saturated carbocycles. The Kier molecular flexibility index (Phi) is 9.26. The van der Waals surface area contributed by atoms with E-state index in [4.69, 9.17) is 4.98 Å². The van der Waals surface area contributed by atoms with Gasteiger partial charge in [0.05, 0.1) is 16.9 Å². The Morgan fingerprint density at radius 3 is 2.38 bits per heavy atom. The number of rotatable bonds is 9. The summed E-state index contributed by atoms with van der Waals surface area (Å²) in [5.41, 5.74) is 2.97. The van der Waals surface area contributed by atoms with Crippen LogP contribution in [0.5, 0.6) is 5.75 Å². The minimum absolute atomic E-state index is 0.0791. The Morgan fingerprint density at radius 2 is 1.76 bits per heavy atom. The maximum absolute atomic E-state index is 14.1. The van der Waals surface area contributed by atoms with Gasteiger partial charge in [-0.25, -0.2) is 4.98 Å². The number of aromatic nitrogens is 2. The second-order valence-electron chi connectivity index (χ2n) is 12.8. The fourth-order valence-corrected chi connectivity index (χ4v) is 7.41. The Labute approximate surface area is 251 Å². The molecule has 0 amide bonds. The molecule has 2 fully saturated rings. The van der Waals surface area contributed by atoms with E-state index < -0.39 is 0 Å². The summed E-state index contributed by atoms with van der Waals surface area (Å²) in [4.78, 5) is 26.6. The summed E-state index contributed by atoms with van der Waals surface area (Å²) >= 11 is 0. The highest BCUT2D eigenvalue weighted by Gasteiger charge is 2.38. The van der Waals surface area contributed by atoms with E-state index in [1.54, 1.807) is 6.07 Å². The molecule has 0 spiro atoms. The van der Waals surface area contributed by atoms with E-state index in [-0.39, 0.29) is 17.1 Å². The predicted octanol–water partition coefficient (Wildman–Crippen LogP) is 5.09. The molecule has 5 rings (SSSR count). The number of benzene rings is 2. The summed E-state index contributed by atoms with van der Waals surface area (Å²) < 4.78 is 1.97. The van der Waals surface area contributed by atoms with E-state index in [2.05, 4.69) is 86.1 Å². The molecule has 228 valence electrons. The fourth-order valence-electron chi connectivity index (χ4n) is 7.41. The minimum atomic E-state index is -0.135. The number of nitrogens with one attached hydrogen (secondary N) is 1. The fraction of sp³-hybridized carbons (Fsp3) is 0.588. The first-order chi connectivity index (χ1) is 20.2. The molecule has 0 radical (unpaired) electrons. The number of piperidine rings is 1. The number of piperazine rings is 1. The number of phenols is 1. The van der Waals surface area contributed by atoms with E-state index in [0.717, 1.165) is 80.9 Å². The summed E-state index contributed by atoms with van der Waals surface area (Å²) in [6.45, 7) is 13.2. The van der Waals surface area contributed by atoms with Gasteiger partial charge in [0.15, 0.2) is 0 Å². The van der Waals surface area contributed by atoms with Crippen LogP contribution < -0.4 is 15.8 Å². The molecule has 1 aromatic heterocycles. The summed E-state index contributed by atoms with van der Waals surface area (Å²) in [5.74, 6) is 1.23. The summed E-state index contributed by atoms with van der Waals surface area (Å²) in [5, 5.41) is 14.5. The van der Waals surface area contributed by atoms with Crippen LogP contribution >= 0.6 is 0 Å². The summed E-state index contributed by atoms with van der Waals surface area (Å²) in [7, 11) is 4.26. The number of hydrogen-bond acceptors (Lipinski definition) is 7. The highest BCUT2D eigenvalue weighted by Crippen LogP contribution is 2.40. The molecule has 0 bridgehead atoms. The first kappa shape index (κ1) is 30.5. The van der Waals surface area contributed by atoms with Crippen LogP contribution in [-0.2, 0) is 12.1 Å². The summed E-state index contributed by atoms with van der Waals surface area (Å²) in [6.07, 6.45) is 4.78. The molecule has 8 nitrogen and oxygen atoms in total. The Morgan fingerprint density at radius 1 is 1.05 bits per heavy atom. The van der Waals surface area contributed by atoms with Gasteiger partial charge in [-0.05, 0) is 89.5 Å². The molecule has 2 aliphatic rings. The third kappa shape index (κ3) is 5.94. The lowest BCUT2D eigenvalue weighted by Crippen LogP contribution is -2.55. The van der Waals surface area contributed by atoms with Gasteiger partial charge in [0.25, 0.3) is 5.56 Å². The van der Waals surface area contributed by atoms with Gasteiger partial charge in [0, 0.05) is 56.0 Å². The van der Waals surface area contributed by atoms with Crippen molar-refractivity contribution in [1.82, 2.24) is 24.7 Å².